The van der Waals surface area contributed by atoms with Gasteiger partial charge in [-0.15, -0.1) is 0 Å². The standard InChI is InChI=1S/C18H23FN4O/c1-3-9-23(10-4-2)17(24)15-12-21-18(22-13-15)20-11-14-7-5-6-8-16(14)19/h5-8,12-13H,3-4,9-11H2,1-2H3,(H,20,21,22). The molecule has 128 valence electrons. The summed E-state index contributed by atoms with van der Waals surface area (Å²) in [5, 5.41) is 2.96. The summed E-state index contributed by atoms with van der Waals surface area (Å²) in [7, 11) is 0. The number of aromatic nitrogens is 2. The average molecular weight is 330 g/mol. The first-order valence-corrected chi connectivity index (χ1v) is 8.24. The molecule has 1 aromatic carbocycles. The molecule has 0 fully saturated rings. The van der Waals surface area contributed by atoms with E-state index in [-0.39, 0.29) is 18.3 Å². The number of hydrogen-bond acceptors (Lipinski definition) is 4. The lowest BCUT2D eigenvalue weighted by molar-refractivity contribution is 0.0754. The van der Waals surface area contributed by atoms with Crippen molar-refractivity contribution >= 4 is 11.9 Å². The Hall–Kier alpha value is -2.50. The maximum absolute atomic E-state index is 13.6. The van der Waals surface area contributed by atoms with Gasteiger partial charge in [0.2, 0.25) is 5.95 Å². The molecule has 0 spiro atoms. The molecular weight excluding hydrogens is 307 g/mol. The minimum absolute atomic E-state index is 0.0562. The second-order valence-corrected chi connectivity index (χ2v) is 5.53. The van der Waals surface area contributed by atoms with Gasteiger partial charge in [-0.3, -0.25) is 4.79 Å². The Kier molecular flexibility index (Phi) is 6.66. The van der Waals surface area contributed by atoms with Crippen LogP contribution in [0.4, 0.5) is 10.3 Å². The SMILES string of the molecule is CCCN(CCC)C(=O)c1cnc(NCc2ccccc2F)nc1. The zero-order valence-corrected chi connectivity index (χ0v) is 14.1. The van der Waals surface area contributed by atoms with Crippen LogP contribution >= 0.6 is 0 Å². The Bertz CT molecular complexity index is 654. The van der Waals surface area contributed by atoms with Gasteiger partial charge in [0, 0.05) is 37.6 Å². The first-order chi connectivity index (χ1) is 11.7. The fourth-order valence-corrected chi connectivity index (χ4v) is 2.38. The predicted octanol–water partition coefficient (Wildman–Crippen LogP) is 3.49. The van der Waals surface area contributed by atoms with Crippen LogP contribution in [0.5, 0.6) is 0 Å². The molecule has 2 rings (SSSR count). The summed E-state index contributed by atoms with van der Waals surface area (Å²) >= 11 is 0. The fourth-order valence-electron chi connectivity index (χ4n) is 2.38. The Morgan fingerprint density at radius 1 is 1.12 bits per heavy atom. The van der Waals surface area contributed by atoms with Crippen LogP contribution in [0.2, 0.25) is 0 Å². The molecule has 5 nitrogen and oxygen atoms in total. The number of hydrogen-bond donors (Lipinski definition) is 1. The highest BCUT2D eigenvalue weighted by atomic mass is 19.1. The summed E-state index contributed by atoms with van der Waals surface area (Å²) < 4.78 is 13.6. The van der Waals surface area contributed by atoms with E-state index in [9.17, 15) is 9.18 Å². The van der Waals surface area contributed by atoms with Gasteiger partial charge in [-0.25, -0.2) is 14.4 Å². The summed E-state index contributed by atoms with van der Waals surface area (Å²) in [6, 6.07) is 6.54. The molecule has 2 aromatic rings. The van der Waals surface area contributed by atoms with Crippen LogP contribution < -0.4 is 5.32 Å². The van der Waals surface area contributed by atoms with Crippen molar-refractivity contribution in [1.82, 2.24) is 14.9 Å². The molecule has 0 aliphatic heterocycles. The van der Waals surface area contributed by atoms with Gasteiger partial charge in [-0.1, -0.05) is 32.0 Å². The number of halogens is 1. The molecule has 1 heterocycles. The van der Waals surface area contributed by atoms with Gasteiger partial charge < -0.3 is 10.2 Å². The van der Waals surface area contributed by atoms with Crippen LogP contribution in [0, 0.1) is 5.82 Å². The monoisotopic (exact) mass is 330 g/mol. The van der Waals surface area contributed by atoms with E-state index in [1.54, 1.807) is 18.2 Å². The molecule has 0 saturated heterocycles. The second-order valence-electron chi connectivity index (χ2n) is 5.53. The smallest absolute Gasteiger partial charge is 0.256 e. The van der Waals surface area contributed by atoms with Crippen LogP contribution in [-0.4, -0.2) is 33.9 Å². The quantitative estimate of drug-likeness (QED) is 0.805. The van der Waals surface area contributed by atoms with Crippen molar-refractivity contribution in [3.8, 4) is 0 Å². The van der Waals surface area contributed by atoms with E-state index in [1.807, 2.05) is 18.7 Å². The lowest BCUT2D eigenvalue weighted by atomic mass is 10.2. The molecule has 0 aliphatic carbocycles. The predicted molar refractivity (Wildman–Crippen MR) is 92.2 cm³/mol. The molecular formula is C18H23FN4O. The molecule has 0 atom stereocenters. The summed E-state index contributed by atoms with van der Waals surface area (Å²) in [4.78, 5) is 22.6. The van der Waals surface area contributed by atoms with Crippen molar-refractivity contribution < 1.29 is 9.18 Å². The number of carbonyl (C=O) groups excluding carboxylic acids is 1. The number of amides is 1. The van der Waals surface area contributed by atoms with Gasteiger partial charge in [0.05, 0.1) is 5.56 Å². The minimum Gasteiger partial charge on any atom is -0.350 e. The van der Waals surface area contributed by atoms with Crippen molar-refractivity contribution in [2.24, 2.45) is 0 Å². The van der Waals surface area contributed by atoms with E-state index >= 15 is 0 Å². The molecule has 0 radical (unpaired) electrons. The number of carbonyl (C=O) groups is 1. The topological polar surface area (TPSA) is 58.1 Å². The summed E-state index contributed by atoms with van der Waals surface area (Å²) in [5.74, 6) is 0.0401. The molecule has 0 saturated carbocycles. The average Bonchev–Trinajstić information content (AvgIpc) is 2.61. The third-order valence-corrected chi connectivity index (χ3v) is 3.57. The van der Waals surface area contributed by atoms with Crippen LogP contribution in [0.15, 0.2) is 36.7 Å². The van der Waals surface area contributed by atoms with Gasteiger partial charge in [-0.05, 0) is 18.9 Å². The number of nitrogens with zero attached hydrogens (tertiary/aromatic N) is 3. The molecule has 1 N–H and O–H groups in total. The van der Waals surface area contributed by atoms with E-state index in [2.05, 4.69) is 15.3 Å². The molecule has 1 aromatic heterocycles. The molecule has 24 heavy (non-hydrogen) atoms. The van der Waals surface area contributed by atoms with E-state index in [4.69, 9.17) is 0 Å². The van der Waals surface area contributed by atoms with Crippen LogP contribution in [0.25, 0.3) is 0 Å². The van der Waals surface area contributed by atoms with Gasteiger partial charge in [0.25, 0.3) is 5.91 Å². The first kappa shape index (κ1) is 17.8. The van der Waals surface area contributed by atoms with Crippen molar-refractivity contribution in [2.45, 2.75) is 33.2 Å². The number of rotatable bonds is 8. The molecule has 6 heteroatoms. The zero-order chi connectivity index (χ0) is 17.4. The van der Waals surface area contributed by atoms with Crippen molar-refractivity contribution in [1.29, 1.82) is 0 Å². The largest absolute Gasteiger partial charge is 0.350 e. The second kappa shape index (κ2) is 8.96. The fraction of sp³-hybridized carbons (Fsp3) is 0.389. The highest BCUT2D eigenvalue weighted by Crippen LogP contribution is 2.10. The van der Waals surface area contributed by atoms with Crippen LogP contribution in [-0.2, 0) is 6.54 Å². The van der Waals surface area contributed by atoms with Gasteiger partial charge in [0.1, 0.15) is 5.82 Å². The van der Waals surface area contributed by atoms with Crippen molar-refractivity contribution in [3.63, 3.8) is 0 Å². The van der Waals surface area contributed by atoms with E-state index in [0.717, 1.165) is 25.9 Å². The van der Waals surface area contributed by atoms with Crippen LogP contribution in [0.1, 0.15) is 42.6 Å². The van der Waals surface area contributed by atoms with Crippen molar-refractivity contribution in [3.05, 3.63) is 53.6 Å². The highest BCUT2D eigenvalue weighted by molar-refractivity contribution is 5.93. The summed E-state index contributed by atoms with van der Waals surface area (Å²) in [5.41, 5.74) is 1.01. The van der Waals surface area contributed by atoms with E-state index < -0.39 is 0 Å². The van der Waals surface area contributed by atoms with Crippen LogP contribution in [0.3, 0.4) is 0 Å². The Balaban J connectivity index is 1.99. The number of benzene rings is 1. The Morgan fingerprint density at radius 3 is 2.33 bits per heavy atom. The molecule has 0 bridgehead atoms. The van der Waals surface area contributed by atoms with E-state index in [1.165, 1.54) is 18.5 Å². The molecule has 0 aliphatic rings. The third-order valence-electron chi connectivity index (χ3n) is 3.57. The van der Waals surface area contributed by atoms with E-state index in [0.29, 0.717) is 17.1 Å². The minimum atomic E-state index is -0.272. The maximum atomic E-state index is 13.6. The summed E-state index contributed by atoms with van der Waals surface area (Å²) in [6.45, 7) is 5.82. The third kappa shape index (κ3) is 4.75. The first-order valence-electron chi connectivity index (χ1n) is 8.24. The normalized spacial score (nSPS) is 10.5. The Labute approximate surface area is 141 Å². The maximum Gasteiger partial charge on any atom is 0.256 e. The van der Waals surface area contributed by atoms with Crippen molar-refractivity contribution in [2.75, 3.05) is 18.4 Å². The lowest BCUT2D eigenvalue weighted by Gasteiger charge is -2.21. The molecule has 0 unspecified atom stereocenters. The number of anilines is 1. The van der Waals surface area contributed by atoms with Gasteiger partial charge in [0.15, 0.2) is 0 Å². The summed E-state index contributed by atoms with van der Waals surface area (Å²) in [6.07, 6.45) is 4.85. The highest BCUT2D eigenvalue weighted by Gasteiger charge is 2.15. The Morgan fingerprint density at radius 2 is 1.75 bits per heavy atom. The van der Waals surface area contributed by atoms with Gasteiger partial charge >= 0.3 is 0 Å². The van der Waals surface area contributed by atoms with Gasteiger partial charge in [-0.2, -0.15) is 0 Å². The number of nitrogens with one attached hydrogen (secondary N) is 1. The lowest BCUT2D eigenvalue weighted by Crippen LogP contribution is -2.32. The zero-order valence-electron chi connectivity index (χ0n) is 14.1. The molecule has 1 amide bonds.